The Morgan fingerprint density at radius 1 is 0.571 bits per heavy atom. The lowest BCUT2D eigenvalue weighted by molar-refractivity contribution is -0.125. The van der Waals surface area contributed by atoms with Crippen molar-refractivity contribution in [1.82, 2.24) is 29.3 Å². The number of nitrogens with one attached hydrogen (secondary N) is 1. The van der Waals surface area contributed by atoms with Gasteiger partial charge in [-0.3, -0.25) is 10.6 Å². The summed E-state index contributed by atoms with van der Waals surface area (Å²) in [6.45, 7) is 36.4. The minimum Gasteiger partial charge on any atom is -0.478 e. The number of carbonyl (C=O) groups is 3. The summed E-state index contributed by atoms with van der Waals surface area (Å²) in [6.07, 6.45) is 0.0312. The molecule has 0 spiro atoms. The standard InChI is InChI=1S/C20H33N3OSi.C14H17N3O2.C14H19N3O.C7H8N2O2.C7H11NO.B.ClH/c1-19(2,3)17-13-18(21)23(22-17)16-11-9-15(10-12-16)14-24-25(7,8)20(4,5)6;1-14(2,3)11-8-12(15)17(16-11)10-6-4-9(5-7-10)13(18)19;1-14(2,3)12-8-13(15)17(16-12)11-6-4-10(9-18)5-7-11;8-9-6-3-1-5(2-4-6)7(10)11;1-7(2,3)6(9)4-5-8;;/h9-13H,14,21H2,1-8H3;4-8H,15H2,1-3H3,(H,18,19);4-8,18H,9,15H2,1-3H3;1-4,9H,8H2,(H,10,11);4H2,1-3H3;;1H. The van der Waals surface area contributed by atoms with Gasteiger partial charge >= 0.3 is 11.9 Å². The average molecular weight is 1190 g/mol. The molecule has 0 atom stereocenters. The Morgan fingerprint density at radius 3 is 1.12 bits per heavy atom. The molecule has 0 saturated heterocycles. The molecule has 0 amide bonds. The Hall–Kier alpha value is -7.74. The minimum absolute atomic E-state index is 0. The van der Waals surface area contributed by atoms with Crippen LogP contribution in [0.4, 0.5) is 23.1 Å². The number of nitriles is 1. The number of hydrogen-bond donors (Lipinski definition) is 8. The fraction of sp³-hybridized carbons (Fsp3) is 0.403. The maximum atomic E-state index is 10.8. The van der Waals surface area contributed by atoms with Crippen LogP contribution in [0.1, 0.15) is 159 Å². The molecule has 7 rings (SSSR count). The number of carboxylic acids is 2. The summed E-state index contributed by atoms with van der Waals surface area (Å²) < 4.78 is 11.4. The third-order valence-electron chi connectivity index (χ3n) is 13.2. The van der Waals surface area contributed by atoms with Crippen LogP contribution in [0, 0.1) is 16.7 Å². The molecular formula is C62H89BClN12O7Si. The largest absolute Gasteiger partial charge is 0.478 e. The number of nitrogens with two attached hydrogens (primary N) is 4. The molecule has 0 bridgehead atoms. The predicted molar refractivity (Wildman–Crippen MR) is 344 cm³/mol. The number of anilines is 4. The van der Waals surface area contributed by atoms with Gasteiger partial charge < -0.3 is 42.4 Å². The van der Waals surface area contributed by atoms with E-state index in [2.05, 4.69) is 141 Å². The smallest absolute Gasteiger partial charge is 0.335 e. The normalized spacial score (nSPS) is 11.4. The van der Waals surface area contributed by atoms with Crippen LogP contribution in [0.2, 0.25) is 18.1 Å². The SMILES string of the molecule is CC(C)(C)C(=O)CC#N.CC(C)(C)c1cc(N)n(-c2ccc(C(=O)O)cc2)n1.CC(C)(C)c1cc(N)n(-c2ccc(CO)cc2)n1.CC(C)(C)c1cc(N)n(-c2ccc(CO[Si](C)(C)C(C)(C)C)cc2)n1.Cl.NNc1ccc(C(=O)O)cc1.[B]. The molecule has 0 saturated carbocycles. The molecule has 453 valence electrons. The minimum atomic E-state index is -1.73. The Bertz CT molecular complexity index is 3250. The first-order valence-electron chi connectivity index (χ1n) is 26.8. The van der Waals surface area contributed by atoms with Crippen molar-refractivity contribution in [3.05, 3.63) is 155 Å². The number of benzene rings is 4. The van der Waals surface area contributed by atoms with Gasteiger partial charge in [0.1, 0.15) is 17.5 Å². The van der Waals surface area contributed by atoms with Gasteiger partial charge in [0.2, 0.25) is 0 Å². The second-order valence-corrected chi connectivity index (χ2v) is 30.1. The van der Waals surface area contributed by atoms with E-state index in [4.69, 9.17) is 48.1 Å². The van der Waals surface area contributed by atoms with Crippen LogP contribution in [-0.2, 0) is 38.7 Å². The molecule has 4 aromatic carbocycles. The van der Waals surface area contributed by atoms with E-state index in [0.717, 1.165) is 39.7 Å². The number of aromatic carboxylic acids is 2. The third kappa shape index (κ3) is 22.1. The summed E-state index contributed by atoms with van der Waals surface area (Å²) in [5.74, 6) is 5.02. The van der Waals surface area contributed by atoms with Gasteiger partial charge in [0.25, 0.3) is 0 Å². The molecule has 84 heavy (non-hydrogen) atoms. The number of hydrogen-bond acceptors (Lipinski definition) is 14. The second kappa shape index (κ2) is 30.7. The van der Waals surface area contributed by atoms with Crippen molar-refractivity contribution in [3.63, 3.8) is 0 Å². The number of aliphatic hydroxyl groups excluding tert-OH is 1. The Balaban J connectivity index is 0.000000543. The topological polar surface area (TPSA) is 314 Å². The van der Waals surface area contributed by atoms with Crippen molar-refractivity contribution in [1.29, 1.82) is 5.26 Å². The van der Waals surface area contributed by atoms with E-state index in [1.807, 2.05) is 69.3 Å². The third-order valence-corrected chi connectivity index (χ3v) is 17.7. The zero-order valence-corrected chi connectivity index (χ0v) is 53.8. The molecule has 7 aromatic rings. The van der Waals surface area contributed by atoms with E-state index in [9.17, 15) is 14.4 Å². The van der Waals surface area contributed by atoms with Gasteiger partial charge in [0, 0.05) is 54.0 Å². The molecule has 12 N–H and O–H groups in total. The van der Waals surface area contributed by atoms with Crippen molar-refractivity contribution in [2.24, 2.45) is 11.3 Å². The quantitative estimate of drug-likeness (QED) is 0.0339. The number of aliphatic hydroxyl groups is 1. The fourth-order valence-corrected chi connectivity index (χ4v) is 7.61. The van der Waals surface area contributed by atoms with E-state index < -0.39 is 20.3 Å². The van der Waals surface area contributed by atoms with Gasteiger partial charge in [-0.05, 0) is 102 Å². The highest BCUT2D eigenvalue weighted by molar-refractivity contribution is 6.74. The summed E-state index contributed by atoms with van der Waals surface area (Å²) in [6, 6.07) is 36.0. The predicted octanol–water partition coefficient (Wildman–Crippen LogP) is 12.2. The highest BCUT2D eigenvalue weighted by Gasteiger charge is 2.37. The monoisotopic (exact) mass is 1190 g/mol. The lowest BCUT2D eigenvalue weighted by atomic mass is 9.89. The van der Waals surface area contributed by atoms with Crippen LogP contribution >= 0.6 is 12.4 Å². The summed E-state index contributed by atoms with van der Waals surface area (Å²) in [5, 5.41) is 48.4. The van der Waals surface area contributed by atoms with Crippen LogP contribution in [-0.4, -0.2) is 79.1 Å². The van der Waals surface area contributed by atoms with Gasteiger partial charge in [0.05, 0.1) is 71.0 Å². The molecule has 0 aliphatic carbocycles. The molecule has 19 nitrogen and oxygen atoms in total. The highest BCUT2D eigenvalue weighted by atomic mass is 35.5. The molecule has 0 fully saturated rings. The van der Waals surface area contributed by atoms with Crippen molar-refractivity contribution < 1.29 is 34.1 Å². The maximum Gasteiger partial charge on any atom is 0.335 e. The first-order valence-corrected chi connectivity index (χ1v) is 29.7. The van der Waals surface area contributed by atoms with Crippen molar-refractivity contribution in [2.75, 3.05) is 22.6 Å². The number of hydrazine groups is 1. The number of aromatic nitrogens is 6. The molecule has 0 aliphatic rings. The molecule has 3 radical (unpaired) electrons. The lowest BCUT2D eigenvalue weighted by Gasteiger charge is -2.36. The number of rotatable bonds is 11. The van der Waals surface area contributed by atoms with Crippen LogP contribution in [0.5, 0.6) is 0 Å². The molecule has 0 aliphatic heterocycles. The molecule has 3 heterocycles. The van der Waals surface area contributed by atoms with E-state index in [-0.39, 0.29) is 77.5 Å². The van der Waals surface area contributed by atoms with Gasteiger partial charge in [-0.2, -0.15) is 20.6 Å². The number of carboxylic acid groups (broad SMARTS) is 2. The summed E-state index contributed by atoms with van der Waals surface area (Å²) >= 11 is 0. The number of halogens is 1. The highest BCUT2D eigenvalue weighted by Crippen LogP contribution is 2.37. The summed E-state index contributed by atoms with van der Waals surface area (Å²) in [4.78, 5) is 32.0. The van der Waals surface area contributed by atoms with Crippen molar-refractivity contribution in [2.45, 2.75) is 158 Å². The van der Waals surface area contributed by atoms with E-state index in [1.165, 1.54) is 29.8 Å². The van der Waals surface area contributed by atoms with Gasteiger partial charge in [-0.1, -0.05) is 128 Å². The lowest BCUT2D eigenvalue weighted by Crippen LogP contribution is -2.40. The van der Waals surface area contributed by atoms with Crippen LogP contribution in [0.15, 0.2) is 115 Å². The number of nitrogens with zero attached hydrogens (tertiary/aromatic N) is 7. The molecule has 0 unspecified atom stereocenters. The Morgan fingerprint density at radius 2 is 0.881 bits per heavy atom. The molecular weight excluding hydrogens is 1100 g/mol. The summed E-state index contributed by atoms with van der Waals surface area (Å²) in [7, 11) is -1.73. The zero-order chi connectivity index (χ0) is 62.3. The van der Waals surface area contributed by atoms with E-state index in [0.29, 0.717) is 29.7 Å². The number of carbonyl (C=O) groups excluding carboxylic acids is 1. The Labute approximate surface area is 505 Å². The van der Waals surface area contributed by atoms with E-state index in [1.54, 1.807) is 38.3 Å². The fourth-order valence-electron chi connectivity index (χ4n) is 6.65. The first kappa shape index (κ1) is 74.3. The van der Waals surface area contributed by atoms with Gasteiger partial charge in [-0.25, -0.2) is 23.6 Å². The number of Topliss-reactive ketones (excluding diaryl/α,β-unsaturated/α-hetero) is 1. The zero-order valence-electron chi connectivity index (χ0n) is 52.0. The maximum absolute atomic E-state index is 10.8. The van der Waals surface area contributed by atoms with Gasteiger partial charge in [-0.15, -0.1) is 12.4 Å². The Kier molecular flexibility index (Phi) is 27.2. The second-order valence-electron chi connectivity index (χ2n) is 25.3. The molecule has 22 heteroatoms. The summed E-state index contributed by atoms with van der Waals surface area (Å²) in [5.41, 5.74) is 28.7. The number of nitrogen functional groups attached to an aromatic ring is 4. The van der Waals surface area contributed by atoms with Crippen LogP contribution in [0.25, 0.3) is 17.1 Å². The van der Waals surface area contributed by atoms with Crippen LogP contribution < -0.4 is 28.5 Å². The van der Waals surface area contributed by atoms with Crippen LogP contribution in [0.3, 0.4) is 0 Å². The first-order chi connectivity index (χ1) is 37.7. The van der Waals surface area contributed by atoms with Gasteiger partial charge in [0.15, 0.2) is 14.1 Å². The van der Waals surface area contributed by atoms with Crippen molar-refractivity contribution in [3.8, 4) is 23.1 Å². The average Bonchev–Trinajstić information content (AvgIpc) is 3.58. The molecule has 3 aromatic heterocycles. The van der Waals surface area contributed by atoms with Crippen molar-refractivity contribution >= 4 is 70.0 Å². The van der Waals surface area contributed by atoms with E-state index >= 15 is 0 Å². The number of ketones is 1.